The molecule has 0 heterocycles. The van der Waals surface area contributed by atoms with E-state index in [0.29, 0.717) is 11.1 Å². The highest BCUT2D eigenvalue weighted by Gasteiger charge is 2.11. The molecule has 0 aliphatic carbocycles. The number of aliphatic hydroxyl groups is 1. The molecular formula is C29H35AlCl4O11. The summed E-state index contributed by atoms with van der Waals surface area (Å²) in [5, 5.41) is 8.02. The van der Waals surface area contributed by atoms with Crippen molar-refractivity contribution in [2.24, 2.45) is 0 Å². The molecule has 0 atom stereocenters. The van der Waals surface area contributed by atoms with Crippen LogP contribution in [0.1, 0.15) is 60.0 Å². The second-order valence-electron chi connectivity index (χ2n) is 8.26. The first-order valence-electron chi connectivity index (χ1n) is 13.0. The first-order valence-corrected chi connectivity index (χ1v) is 18.6. The number of hydrogen-bond acceptors (Lipinski definition) is 11. The van der Waals surface area contributed by atoms with Gasteiger partial charge in [0.2, 0.25) is 5.24 Å². The second-order valence-corrected chi connectivity index (χ2v) is 15.1. The van der Waals surface area contributed by atoms with E-state index in [1.807, 2.05) is 30.3 Å². The lowest BCUT2D eigenvalue weighted by atomic mass is 10.0. The van der Waals surface area contributed by atoms with Crippen molar-refractivity contribution >= 4 is 88.0 Å². The van der Waals surface area contributed by atoms with Gasteiger partial charge in [0.05, 0.1) is 53.6 Å². The first-order chi connectivity index (χ1) is 21.3. The molecule has 0 bridgehead atoms. The molecule has 11 nitrogen and oxygen atoms in total. The number of methoxy groups -OCH3 is 3. The van der Waals surface area contributed by atoms with Gasteiger partial charge < -0.3 is 24.1 Å². The molecule has 0 aliphatic heterocycles. The SMILES string of the molecule is COC(=O)CCC(=O)Cl.COC(=O)CCC(=O)OCc1ccc(C(=O)CCC(=O)OC)cc1.OCc1ccccc1.[Cl][Al]([Cl])[Cl]. The number of Topliss-reactive ketones (excluding diaryl/α,β-unsaturated/α-hetero) is 1. The van der Waals surface area contributed by atoms with Gasteiger partial charge in [-0.05, 0) is 22.7 Å². The highest BCUT2D eigenvalue weighted by Crippen LogP contribution is 2.10. The molecule has 0 saturated carbocycles. The van der Waals surface area contributed by atoms with Crippen LogP contribution in [-0.2, 0) is 56.1 Å². The van der Waals surface area contributed by atoms with Crippen LogP contribution in [0.5, 0.6) is 0 Å². The maximum absolute atomic E-state index is 11.9. The van der Waals surface area contributed by atoms with E-state index in [4.69, 9.17) is 51.6 Å². The van der Waals surface area contributed by atoms with Crippen LogP contribution in [0, 0.1) is 0 Å². The van der Waals surface area contributed by atoms with E-state index in [2.05, 4.69) is 14.2 Å². The number of ketones is 1. The van der Waals surface area contributed by atoms with Crippen molar-refractivity contribution in [1.29, 1.82) is 0 Å². The van der Waals surface area contributed by atoms with Gasteiger partial charge in [-0.1, -0.05) is 54.6 Å². The summed E-state index contributed by atoms with van der Waals surface area (Å²) < 4.78 is 18.2. The Kier molecular flexibility index (Phi) is 28.4. The molecule has 0 aromatic heterocycles. The lowest BCUT2D eigenvalue weighted by Crippen LogP contribution is -2.09. The van der Waals surface area contributed by atoms with Gasteiger partial charge >= 0.3 is 35.3 Å². The summed E-state index contributed by atoms with van der Waals surface area (Å²) in [5.41, 5.74) is 2.15. The molecule has 2 aromatic rings. The van der Waals surface area contributed by atoms with E-state index < -0.39 is 40.5 Å². The molecule has 0 spiro atoms. The summed E-state index contributed by atoms with van der Waals surface area (Å²) in [5.74, 6) is -1.98. The highest BCUT2D eigenvalue weighted by molar-refractivity contribution is 7.54. The summed E-state index contributed by atoms with van der Waals surface area (Å²) in [6, 6.07) is 16.1. The molecule has 16 heteroatoms. The normalized spacial score (nSPS) is 9.24. The van der Waals surface area contributed by atoms with Crippen LogP contribution in [0.15, 0.2) is 54.6 Å². The number of carbonyl (C=O) groups excluding carboxylic acids is 6. The van der Waals surface area contributed by atoms with Gasteiger partial charge in [-0.2, -0.15) is 0 Å². The number of aliphatic hydroxyl groups excluding tert-OH is 1. The molecule has 1 N–H and O–H groups in total. The Labute approximate surface area is 284 Å². The van der Waals surface area contributed by atoms with Crippen LogP contribution in [-0.4, -0.2) is 72.7 Å². The van der Waals surface area contributed by atoms with Crippen LogP contribution in [0.3, 0.4) is 0 Å². The molecule has 0 unspecified atom stereocenters. The number of rotatable bonds is 13. The third kappa shape index (κ3) is 28.5. The van der Waals surface area contributed by atoms with Crippen molar-refractivity contribution in [2.75, 3.05) is 21.3 Å². The third-order valence-electron chi connectivity index (χ3n) is 5.00. The zero-order valence-electron chi connectivity index (χ0n) is 25.0. The Morgan fingerprint density at radius 1 is 0.622 bits per heavy atom. The minimum absolute atomic E-state index is 0.0248. The average Bonchev–Trinajstić information content (AvgIpc) is 3.04. The Balaban J connectivity index is 0. The lowest BCUT2D eigenvalue weighted by Gasteiger charge is -2.06. The van der Waals surface area contributed by atoms with E-state index in [1.54, 1.807) is 24.3 Å². The van der Waals surface area contributed by atoms with Crippen LogP contribution in [0.25, 0.3) is 0 Å². The Morgan fingerprint density at radius 3 is 1.44 bits per heavy atom. The van der Waals surface area contributed by atoms with E-state index >= 15 is 0 Å². The molecule has 0 fully saturated rings. The van der Waals surface area contributed by atoms with Crippen molar-refractivity contribution in [3.63, 3.8) is 0 Å². The fourth-order valence-electron chi connectivity index (χ4n) is 2.68. The molecule has 0 saturated heterocycles. The molecule has 248 valence electrons. The van der Waals surface area contributed by atoms with Crippen molar-refractivity contribution in [2.45, 2.75) is 51.7 Å². The minimum atomic E-state index is -1.72. The van der Waals surface area contributed by atoms with Crippen molar-refractivity contribution < 1.29 is 52.8 Å². The van der Waals surface area contributed by atoms with Crippen LogP contribution >= 0.6 is 41.7 Å². The van der Waals surface area contributed by atoms with Gasteiger partial charge in [-0.3, -0.25) is 28.8 Å². The Morgan fingerprint density at radius 2 is 1.04 bits per heavy atom. The largest absolute Gasteiger partial charge is 0.643 e. The maximum Gasteiger partial charge on any atom is 0.643 e. The monoisotopic (exact) mass is 726 g/mol. The van der Waals surface area contributed by atoms with Crippen molar-refractivity contribution in [3.8, 4) is 0 Å². The zero-order valence-corrected chi connectivity index (χ0v) is 29.2. The lowest BCUT2D eigenvalue weighted by molar-refractivity contribution is -0.149. The summed E-state index contributed by atoms with van der Waals surface area (Å²) in [6.45, 7) is 0.192. The smallest absolute Gasteiger partial charge is 0.469 e. The molecule has 2 rings (SSSR count). The quantitative estimate of drug-likeness (QED) is 0.0927. The summed E-state index contributed by atoms with van der Waals surface area (Å²) in [7, 11) is 18.6. The molecule has 2 aromatic carbocycles. The fourth-order valence-corrected chi connectivity index (χ4v) is 2.77. The number of carbonyl (C=O) groups is 6. The Bertz CT molecular complexity index is 1160. The number of hydrogen-bond donors (Lipinski definition) is 1. The van der Waals surface area contributed by atoms with E-state index in [1.165, 1.54) is 21.3 Å². The molecule has 45 heavy (non-hydrogen) atoms. The van der Waals surface area contributed by atoms with Gasteiger partial charge in [0.1, 0.15) is 6.61 Å². The first kappa shape index (κ1) is 44.4. The number of esters is 4. The fraction of sp³-hybridized carbons (Fsp3) is 0.379. The number of halogens is 4. The van der Waals surface area contributed by atoms with Gasteiger partial charge in [0, 0.05) is 18.4 Å². The van der Waals surface area contributed by atoms with E-state index in [9.17, 15) is 28.8 Å². The Hall–Kier alpha value is -2.69. The molecule has 0 aliphatic rings. The predicted octanol–water partition coefficient (Wildman–Crippen LogP) is 5.39. The van der Waals surface area contributed by atoms with E-state index in [-0.39, 0.29) is 57.5 Å². The zero-order chi connectivity index (χ0) is 34.6. The number of benzene rings is 2. The molecular weight excluding hydrogens is 693 g/mol. The van der Waals surface area contributed by atoms with Crippen LogP contribution in [0.2, 0.25) is 0 Å². The van der Waals surface area contributed by atoms with Crippen molar-refractivity contribution in [3.05, 3.63) is 71.3 Å². The summed E-state index contributed by atoms with van der Waals surface area (Å²) >= 11 is 3.21. The van der Waals surface area contributed by atoms with E-state index in [0.717, 1.165) is 5.56 Å². The van der Waals surface area contributed by atoms with Gasteiger partial charge in [0.25, 0.3) is 0 Å². The van der Waals surface area contributed by atoms with Crippen LogP contribution in [0.4, 0.5) is 0 Å². The number of ether oxygens (including phenoxy) is 4. The summed E-state index contributed by atoms with van der Waals surface area (Å²) in [4.78, 5) is 65.6. The maximum atomic E-state index is 11.9. The standard InChI is InChI=1S/C17H20O7.C7H8O.C5H7ClO3.Al.3ClH/c1-22-15(19)8-7-14(18)13-5-3-12(4-6-13)11-24-17(21)10-9-16(20)23-2;8-6-7-4-2-1-3-5-7;1-9-5(8)3-2-4(6)7;;;;/h3-6H,7-11H2,1-2H3;1-5,8H,6H2;2-3H2,1H3;;3*1H/q;;;+3;;;/p-3. The summed E-state index contributed by atoms with van der Waals surface area (Å²) in [6.07, 6.45) is 0.163. The highest BCUT2D eigenvalue weighted by atomic mass is 35.8. The second kappa shape index (κ2) is 28.8. The van der Waals surface area contributed by atoms with Gasteiger partial charge in [-0.15, -0.1) is 0 Å². The minimum Gasteiger partial charge on any atom is -0.469 e. The topological polar surface area (TPSA) is 160 Å². The average molecular weight is 728 g/mol. The van der Waals surface area contributed by atoms with Gasteiger partial charge in [0.15, 0.2) is 5.78 Å². The van der Waals surface area contributed by atoms with Crippen LogP contribution < -0.4 is 0 Å². The van der Waals surface area contributed by atoms with Crippen molar-refractivity contribution in [1.82, 2.24) is 0 Å². The molecule has 0 radical (unpaired) electrons. The predicted molar refractivity (Wildman–Crippen MR) is 171 cm³/mol. The van der Waals surface area contributed by atoms with Gasteiger partial charge in [-0.25, -0.2) is 30.1 Å². The third-order valence-corrected chi connectivity index (χ3v) is 5.19. The molecule has 0 amide bonds.